The Labute approximate surface area is 124 Å². The summed E-state index contributed by atoms with van der Waals surface area (Å²) >= 11 is 3.05. The number of anilines is 1. The van der Waals surface area contributed by atoms with Crippen molar-refractivity contribution in [3.63, 3.8) is 0 Å². The SMILES string of the molecule is COc1ccc(CCNc2c(F)cc(Br)cc2F)cc1. The molecule has 0 bridgehead atoms. The normalized spacial score (nSPS) is 10.4. The van der Waals surface area contributed by atoms with Crippen LogP contribution >= 0.6 is 15.9 Å². The Bertz CT molecular complexity index is 564. The molecule has 0 saturated carbocycles. The van der Waals surface area contributed by atoms with Gasteiger partial charge in [0.15, 0.2) is 0 Å². The molecule has 0 fully saturated rings. The Morgan fingerprint density at radius 1 is 1.10 bits per heavy atom. The molecule has 2 aromatic rings. The van der Waals surface area contributed by atoms with Gasteiger partial charge in [-0.15, -0.1) is 0 Å². The molecule has 0 radical (unpaired) electrons. The Morgan fingerprint density at radius 3 is 2.25 bits per heavy atom. The van der Waals surface area contributed by atoms with Gasteiger partial charge in [-0.2, -0.15) is 0 Å². The van der Waals surface area contributed by atoms with Gasteiger partial charge >= 0.3 is 0 Å². The van der Waals surface area contributed by atoms with Gasteiger partial charge in [-0.3, -0.25) is 0 Å². The largest absolute Gasteiger partial charge is 0.497 e. The third-order valence-electron chi connectivity index (χ3n) is 2.88. The average Bonchev–Trinajstić information content (AvgIpc) is 2.42. The monoisotopic (exact) mass is 341 g/mol. The van der Waals surface area contributed by atoms with Crippen molar-refractivity contribution in [2.45, 2.75) is 6.42 Å². The highest BCUT2D eigenvalue weighted by molar-refractivity contribution is 9.10. The zero-order valence-corrected chi connectivity index (χ0v) is 12.5. The maximum absolute atomic E-state index is 13.6. The van der Waals surface area contributed by atoms with Crippen LogP contribution in [0.3, 0.4) is 0 Å². The van der Waals surface area contributed by atoms with E-state index in [0.717, 1.165) is 11.3 Å². The minimum Gasteiger partial charge on any atom is -0.497 e. The van der Waals surface area contributed by atoms with Gasteiger partial charge in [-0.25, -0.2) is 8.78 Å². The molecule has 5 heteroatoms. The third kappa shape index (κ3) is 3.70. The number of halogens is 3. The number of nitrogens with one attached hydrogen (secondary N) is 1. The molecule has 0 saturated heterocycles. The molecule has 106 valence electrons. The van der Waals surface area contributed by atoms with Gasteiger partial charge in [0.2, 0.25) is 0 Å². The zero-order valence-electron chi connectivity index (χ0n) is 10.9. The van der Waals surface area contributed by atoms with Crippen LogP contribution in [0.15, 0.2) is 40.9 Å². The second kappa shape index (κ2) is 6.70. The first-order chi connectivity index (χ1) is 9.60. The summed E-state index contributed by atoms with van der Waals surface area (Å²) in [6.45, 7) is 0.446. The van der Waals surface area contributed by atoms with Crippen molar-refractivity contribution < 1.29 is 13.5 Å². The molecule has 0 aliphatic carbocycles. The predicted molar refractivity (Wildman–Crippen MR) is 79.2 cm³/mol. The lowest BCUT2D eigenvalue weighted by Crippen LogP contribution is -2.08. The highest BCUT2D eigenvalue weighted by Gasteiger charge is 2.09. The van der Waals surface area contributed by atoms with Crippen molar-refractivity contribution in [2.75, 3.05) is 19.0 Å². The fourth-order valence-corrected chi connectivity index (χ4v) is 2.24. The lowest BCUT2D eigenvalue weighted by atomic mass is 10.1. The van der Waals surface area contributed by atoms with E-state index in [1.54, 1.807) is 7.11 Å². The molecule has 0 amide bonds. The van der Waals surface area contributed by atoms with Gasteiger partial charge in [0, 0.05) is 11.0 Å². The highest BCUT2D eigenvalue weighted by Crippen LogP contribution is 2.23. The van der Waals surface area contributed by atoms with E-state index >= 15 is 0 Å². The van der Waals surface area contributed by atoms with E-state index in [1.165, 1.54) is 12.1 Å². The summed E-state index contributed by atoms with van der Waals surface area (Å²) in [5.74, 6) is -0.426. The van der Waals surface area contributed by atoms with E-state index in [-0.39, 0.29) is 5.69 Å². The van der Waals surface area contributed by atoms with Gasteiger partial charge in [0.05, 0.1) is 7.11 Å². The maximum Gasteiger partial charge on any atom is 0.150 e. The second-order valence-corrected chi connectivity index (χ2v) is 5.18. The first-order valence-electron chi connectivity index (χ1n) is 6.11. The molecule has 0 atom stereocenters. The molecule has 0 unspecified atom stereocenters. The van der Waals surface area contributed by atoms with Gasteiger partial charge in [0.25, 0.3) is 0 Å². The summed E-state index contributed by atoms with van der Waals surface area (Å²) in [5, 5.41) is 2.78. The molecule has 0 aliphatic heterocycles. The van der Waals surface area contributed by atoms with Crippen molar-refractivity contribution in [1.82, 2.24) is 0 Å². The number of rotatable bonds is 5. The van der Waals surface area contributed by atoms with Gasteiger partial charge < -0.3 is 10.1 Å². The molecule has 20 heavy (non-hydrogen) atoms. The van der Waals surface area contributed by atoms with Crippen LogP contribution in [0, 0.1) is 11.6 Å². The van der Waals surface area contributed by atoms with Gasteiger partial charge in [-0.1, -0.05) is 28.1 Å². The van der Waals surface area contributed by atoms with Crippen LogP contribution in [0.5, 0.6) is 5.75 Å². The molecule has 0 heterocycles. The van der Waals surface area contributed by atoms with Crippen LogP contribution in [0.1, 0.15) is 5.56 Å². The van der Waals surface area contributed by atoms with Crippen LogP contribution in [0.2, 0.25) is 0 Å². The highest BCUT2D eigenvalue weighted by atomic mass is 79.9. The maximum atomic E-state index is 13.6. The number of methoxy groups -OCH3 is 1. The molecule has 2 aromatic carbocycles. The molecule has 0 aliphatic rings. The Morgan fingerprint density at radius 2 is 1.70 bits per heavy atom. The van der Waals surface area contributed by atoms with E-state index in [0.29, 0.717) is 17.4 Å². The van der Waals surface area contributed by atoms with Crippen molar-refractivity contribution in [3.8, 4) is 5.75 Å². The summed E-state index contributed by atoms with van der Waals surface area (Å²) in [5.41, 5.74) is 0.970. The fraction of sp³-hybridized carbons (Fsp3) is 0.200. The Kier molecular flexibility index (Phi) is 4.95. The van der Waals surface area contributed by atoms with E-state index < -0.39 is 11.6 Å². The molecular weight excluding hydrogens is 328 g/mol. The summed E-state index contributed by atoms with van der Waals surface area (Å²) in [6, 6.07) is 10.0. The van der Waals surface area contributed by atoms with E-state index in [2.05, 4.69) is 21.2 Å². The Hall–Kier alpha value is -1.62. The van der Waals surface area contributed by atoms with E-state index in [9.17, 15) is 8.78 Å². The lowest BCUT2D eigenvalue weighted by molar-refractivity contribution is 0.414. The Balaban J connectivity index is 1.95. The topological polar surface area (TPSA) is 21.3 Å². The zero-order chi connectivity index (χ0) is 14.5. The van der Waals surface area contributed by atoms with Crippen LogP contribution in [-0.4, -0.2) is 13.7 Å². The van der Waals surface area contributed by atoms with Gasteiger partial charge in [-0.05, 0) is 36.2 Å². The number of hydrogen-bond acceptors (Lipinski definition) is 2. The molecule has 0 aromatic heterocycles. The molecule has 2 nitrogen and oxygen atoms in total. The van der Waals surface area contributed by atoms with Crippen LogP contribution in [-0.2, 0) is 6.42 Å². The van der Waals surface area contributed by atoms with E-state index in [1.807, 2.05) is 24.3 Å². The third-order valence-corrected chi connectivity index (χ3v) is 3.34. The predicted octanol–water partition coefficient (Wildman–Crippen LogP) is 4.39. The smallest absolute Gasteiger partial charge is 0.150 e. The summed E-state index contributed by atoms with van der Waals surface area (Å²) in [7, 11) is 1.61. The summed E-state index contributed by atoms with van der Waals surface area (Å²) in [4.78, 5) is 0. The average molecular weight is 342 g/mol. The lowest BCUT2D eigenvalue weighted by Gasteiger charge is -2.09. The second-order valence-electron chi connectivity index (χ2n) is 4.27. The van der Waals surface area contributed by atoms with E-state index in [4.69, 9.17) is 4.74 Å². The van der Waals surface area contributed by atoms with Crippen LogP contribution in [0.25, 0.3) is 0 Å². The minimum atomic E-state index is -0.605. The first-order valence-corrected chi connectivity index (χ1v) is 6.91. The molecule has 0 spiro atoms. The minimum absolute atomic E-state index is 0.0956. The number of benzene rings is 2. The quantitative estimate of drug-likeness (QED) is 0.870. The molecule has 1 N–H and O–H groups in total. The number of hydrogen-bond donors (Lipinski definition) is 1. The van der Waals surface area contributed by atoms with Crippen LogP contribution < -0.4 is 10.1 Å². The molecule has 2 rings (SSSR count). The fourth-order valence-electron chi connectivity index (χ4n) is 1.84. The molecular formula is C15H14BrF2NO. The summed E-state index contributed by atoms with van der Waals surface area (Å²) in [6.07, 6.45) is 0.666. The van der Waals surface area contributed by atoms with Crippen molar-refractivity contribution >= 4 is 21.6 Å². The van der Waals surface area contributed by atoms with Gasteiger partial charge in [0.1, 0.15) is 23.1 Å². The number of ether oxygens (including phenoxy) is 1. The van der Waals surface area contributed by atoms with Crippen molar-refractivity contribution in [1.29, 1.82) is 0 Å². The van der Waals surface area contributed by atoms with Crippen molar-refractivity contribution in [3.05, 3.63) is 58.1 Å². The standard InChI is InChI=1S/C15H14BrF2NO/c1-20-12-4-2-10(3-5-12)6-7-19-15-13(17)8-11(16)9-14(15)18/h2-5,8-9,19H,6-7H2,1H3. The van der Waals surface area contributed by atoms with Crippen molar-refractivity contribution in [2.24, 2.45) is 0 Å². The summed E-state index contributed by atoms with van der Waals surface area (Å²) < 4.78 is 32.6. The van der Waals surface area contributed by atoms with Crippen LogP contribution in [0.4, 0.5) is 14.5 Å². The first kappa shape index (κ1) is 14.8.